The van der Waals surface area contributed by atoms with E-state index >= 15 is 0 Å². The van der Waals surface area contributed by atoms with E-state index < -0.39 is 0 Å². The Morgan fingerprint density at radius 2 is 1.93 bits per heavy atom. The molecule has 142 valence electrons. The number of fused-ring (bicyclic) bond motifs is 1. The first-order chi connectivity index (χ1) is 13.5. The third-order valence-electron chi connectivity index (χ3n) is 4.78. The number of aromatic nitrogens is 2. The van der Waals surface area contributed by atoms with Gasteiger partial charge < -0.3 is 10.6 Å². The van der Waals surface area contributed by atoms with E-state index in [9.17, 15) is 14.4 Å². The molecule has 1 heterocycles. The molecule has 0 radical (unpaired) electrons. The Labute approximate surface area is 161 Å². The van der Waals surface area contributed by atoms with Gasteiger partial charge in [0, 0.05) is 22.7 Å². The van der Waals surface area contributed by atoms with Gasteiger partial charge in [-0.2, -0.15) is 5.10 Å². The van der Waals surface area contributed by atoms with Crippen LogP contribution in [0.15, 0.2) is 53.5 Å². The fourth-order valence-corrected chi connectivity index (χ4v) is 3.04. The lowest BCUT2D eigenvalue weighted by Crippen LogP contribution is -2.23. The van der Waals surface area contributed by atoms with Crippen LogP contribution in [0.1, 0.15) is 18.4 Å². The number of hydrogen-bond donors (Lipinski definition) is 2. The molecule has 2 N–H and O–H groups in total. The van der Waals surface area contributed by atoms with Crippen molar-refractivity contribution in [3.05, 3.63) is 64.4 Å². The molecule has 0 saturated heterocycles. The van der Waals surface area contributed by atoms with Gasteiger partial charge in [-0.05, 0) is 49.6 Å². The highest BCUT2D eigenvalue weighted by atomic mass is 16.2. The second-order valence-corrected chi connectivity index (χ2v) is 7.03. The van der Waals surface area contributed by atoms with Crippen LogP contribution in [0.4, 0.5) is 11.4 Å². The van der Waals surface area contributed by atoms with E-state index in [0.717, 1.165) is 18.4 Å². The topological polar surface area (TPSA) is 93.1 Å². The van der Waals surface area contributed by atoms with Crippen molar-refractivity contribution in [1.82, 2.24) is 9.78 Å². The molecule has 7 nitrogen and oxygen atoms in total. The number of benzene rings is 2. The number of para-hydroxylation sites is 1. The second kappa shape index (κ2) is 7.26. The number of amides is 2. The molecule has 3 aromatic rings. The highest BCUT2D eigenvalue weighted by Crippen LogP contribution is 2.30. The fourth-order valence-electron chi connectivity index (χ4n) is 3.04. The van der Waals surface area contributed by atoms with E-state index in [0.29, 0.717) is 22.3 Å². The Kier molecular flexibility index (Phi) is 4.65. The van der Waals surface area contributed by atoms with Crippen LogP contribution in [-0.2, 0) is 16.1 Å². The summed E-state index contributed by atoms with van der Waals surface area (Å²) in [6, 6.07) is 12.5. The summed E-state index contributed by atoms with van der Waals surface area (Å²) in [5.74, 6) is -0.140. The minimum absolute atomic E-state index is 0.0186. The first-order valence-electron chi connectivity index (χ1n) is 9.17. The number of rotatable bonds is 5. The molecule has 1 aliphatic carbocycles. The summed E-state index contributed by atoms with van der Waals surface area (Å²) in [6.45, 7) is 1.86. The molecule has 7 heteroatoms. The van der Waals surface area contributed by atoms with E-state index in [1.807, 2.05) is 19.1 Å². The quantitative estimate of drug-likeness (QED) is 0.716. The van der Waals surface area contributed by atoms with Gasteiger partial charge in [0.05, 0.1) is 11.7 Å². The minimum atomic E-state index is -0.268. The maximum atomic E-state index is 12.6. The van der Waals surface area contributed by atoms with Gasteiger partial charge >= 0.3 is 0 Å². The highest BCUT2D eigenvalue weighted by molar-refractivity contribution is 5.96. The predicted octanol–water partition coefficient (Wildman–Crippen LogP) is 2.69. The maximum absolute atomic E-state index is 12.6. The standard InChI is InChI=1S/C21H20N4O3/c1-13-6-9-15(23-21(28)14-7-8-14)10-17(13)24-20(27)12-25-18-5-3-2-4-16(18)19(26)11-22-25/h2-6,9-11,14H,7-8,12H2,1H3,(H,23,28)(H,24,27). The molecular weight excluding hydrogens is 356 g/mol. The van der Waals surface area contributed by atoms with Crippen LogP contribution < -0.4 is 16.1 Å². The number of nitrogens with one attached hydrogen (secondary N) is 2. The average Bonchev–Trinajstić information content (AvgIpc) is 3.52. The Morgan fingerprint density at radius 1 is 1.14 bits per heavy atom. The monoisotopic (exact) mass is 376 g/mol. The van der Waals surface area contributed by atoms with Crippen molar-refractivity contribution in [2.45, 2.75) is 26.3 Å². The number of anilines is 2. The molecule has 4 rings (SSSR count). The van der Waals surface area contributed by atoms with Crippen LogP contribution in [0, 0.1) is 12.8 Å². The largest absolute Gasteiger partial charge is 0.326 e. The summed E-state index contributed by atoms with van der Waals surface area (Å²) >= 11 is 0. The molecule has 1 saturated carbocycles. The average molecular weight is 376 g/mol. The summed E-state index contributed by atoms with van der Waals surface area (Å²) in [4.78, 5) is 36.4. The Hall–Kier alpha value is -3.48. The van der Waals surface area contributed by atoms with Crippen molar-refractivity contribution >= 4 is 34.1 Å². The number of nitrogens with zero attached hydrogens (tertiary/aromatic N) is 2. The van der Waals surface area contributed by atoms with E-state index in [2.05, 4.69) is 15.7 Å². The molecule has 2 amide bonds. The Balaban J connectivity index is 1.52. The molecular formula is C21H20N4O3. The molecule has 0 unspecified atom stereocenters. The van der Waals surface area contributed by atoms with Gasteiger partial charge in [0.1, 0.15) is 6.54 Å². The smallest absolute Gasteiger partial charge is 0.246 e. The first kappa shape index (κ1) is 17.9. The minimum Gasteiger partial charge on any atom is -0.326 e. The van der Waals surface area contributed by atoms with Crippen molar-refractivity contribution < 1.29 is 9.59 Å². The van der Waals surface area contributed by atoms with E-state index in [1.165, 1.54) is 10.9 Å². The lowest BCUT2D eigenvalue weighted by Gasteiger charge is -2.13. The molecule has 1 aliphatic rings. The van der Waals surface area contributed by atoms with Gasteiger partial charge in [-0.15, -0.1) is 0 Å². The van der Waals surface area contributed by atoms with Crippen molar-refractivity contribution in [3.63, 3.8) is 0 Å². The second-order valence-electron chi connectivity index (χ2n) is 7.03. The molecule has 0 atom stereocenters. The lowest BCUT2D eigenvalue weighted by atomic mass is 10.1. The van der Waals surface area contributed by atoms with Gasteiger partial charge in [-0.25, -0.2) is 0 Å². The molecule has 1 fully saturated rings. The van der Waals surface area contributed by atoms with Crippen LogP contribution in [0.5, 0.6) is 0 Å². The summed E-state index contributed by atoms with van der Waals surface area (Å²) < 4.78 is 1.50. The van der Waals surface area contributed by atoms with Crippen molar-refractivity contribution in [2.75, 3.05) is 10.6 Å². The van der Waals surface area contributed by atoms with Crippen LogP contribution in [-0.4, -0.2) is 21.6 Å². The molecule has 28 heavy (non-hydrogen) atoms. The predicted molar refractivity (Wildman–Crippen MR) is 107 cm³/mol. The van der Waals surface area contributed by atoms with Gasteiger partial charge in [0.25, 0.3) is 0 Å². The lowest BCUT2D eigenvalue weighted by molar-refractivity contribution is -0.117. The summed E-state index contributed by atoms with van der Waals surface area (Å²) in [7, 11) is 0. The van der Waals surface area contributed by atoms with Crippen LogP contribution in [0.3, 0.4) is 0 Å². The zero-order chi connectivity index (χ0) is 19.7. The normalized spacial score (nSPS) is 13.3. The van der Waals surface area contributed by atoms with Crippen molar-refractivity contribution in [2.24, 2.45) is 5.92 Å². The zero-order valence-corrected chi connectivity index (χ0v) is 15.4. The zero-order valence-electron chi connectivity index (χ0n) is 15.4. The van der Waals surface area contributed by atoms with E-state index in [4.69, 9.17) is 0 Å². The number of carbonyl (C=O) groups excluding carboxylic acids is 2. The molecule has 0 bridgehead atoms. The Morgan fingerprint density at radius 3 is 2.71 bits per heavy atom. The molecule has 2 aromatic carbocycles. The third kappa shape index (κ3) is 3.78. The number of aryl methyl sites for hydroxylation is 1. The van der Waals surface area contributed by atoms with Crippen LogP contribution in [0.2, 0.25) is 0 Å². The van der Waals surface area contributed by atoms with Crippen LogP contribution >= 0.6 is 0 Å². The molecule has 1 aromatic heterocycles. The number of hydrogen-bond acceptors (Lipinski definition) is 4. The fraction of sp³-hybridized carbons (Fsp3) is 0.238. The summed E-state index contributed by atoms with van der Waals surface area (Å²) in [5, 5.41) is 10.3. The van der Waals surface area contributed by atoms with Crippen molar-refractivity contribution in [1.29, 1.82) is 0 Å². The van der Waals surface area contributed by atoms with E-state index in [1.54, 1.807) is 30.3 Å². The highest BCUT2D eigenvalue weighted by Gasteiger charge is 2.29. The van der Waals surface area contributed by atoms with E-state index in [-0.39, 0.29) is 29.7 Å². The van der Waals surface area contributed by atoms with Crippen molar-refractivity contribution in [3.8, 4) is 0 Å². The van der Waals surface area contributed by atoms with Gasteiger partial charge in [0.2, 0.25) is 17.2 Å². The number of carbonyl (C=O) groups is 2. The SMILES string of the molecule is Cc1ccc(NC(=O)C2CC2)cc1NC(=O)Cn1ncc(=O)c2ccccc21. The Bertz CT molecular complexity index is 1130. The van der Waals surface area contributed by atoms with Crippen LogP contribution in [0.25, 0.3) is 10.9 Å². The third-order valence-corrected chi connectivity index (χ3v) is 4.78. The summed E-state index contributed by atoms with van der Waals surface area (Å²) in [5.41, 5.74) is 2.60. The summed E-state index contributed by atoms with van der Waals surface area (Å²) in [6.07, 6.45) is 3.08. The first-order valence-corrected chi connectivity index (χ1v) is 9.17. The van der Waals surface area contributed by atoms with Gasteiger partial charge in [-0.3, -0.25) is 19.1 Å². The molecule has 0 spiro atoms. The van der Waals surface area contributed by atoms with Gasteiger partial charge in [-0.1, -0.05) is 18.2 Å². The maximum Gasteiger partial charge on any atom is 0.246 e. The van der Waals surface area contributed by atoms with Gasteiger partial charge in [0.15, 0.2) is 0 Å². The molecule has 0 aliphatic heterocycles.